The van der Waals surface area contributed by atoms with Crippen LogP contribution >= 0.6 is 0 Å². The Morgan fingerprint density at radius 2 is 1.67 bits per heavy atom. The lowest BCUT2D eigenvalue weighted by atomic mass is 9.83. The second kappa shape index (κ2) is 6.05. The topological polar surface area (TPSA) is 52.3 Å². The second-order valence-electron chi connectivity index (χ2n) is 6.36. The van der Waals surface area contributed by atoms with Crippen LogP contribution in [0.1, 0.15) is 71.1 Å². The number of carbonyl (C=O) groups is 1. The summed E-state index contributed by atoms with van der Waals surface area (Å²) in [7, 11) is 0. The van der Waals surface area contributed by atoms with Crippen molar-refractivity contribution >= 4 is 5.97 Å². The molecular formula is C15H27NO2. The zero-order chi connectivity index (χ0) is 13.0. The van der Waals surface area contributed by atoms with Crippen LogP contribution in [0.3, 0.4) is 0 Å². The minimum absolute atomic E-state index is 0.161. The maximum atomic E-state index is 12.2. The van der Waals surface area contributed by atoms with Gasteiger partial charge in [0.2, 0.25) is 0 Å². The molecule has 104 valence electrons. The van der Waals surface area contributed by atoms with E-state index in [0.717, 1.165) is 25.7 Å². The quantitative estimate of drug-likeness (QED) is 0.786. The predicted molar refractivity (Wildman–Crippen MR) is 72.1 cm³/mol. The van der Waals surface area contributed by atoms with E-state index in [0.29, 0.717) is 5.92 Å². The lowest BCUT2D eigenvalue weighted by molar-refractivity contribution is -0.164. The summed E-state index contributed by atoms with van der Waals surface area (Å²) < 4.78 is 5.73. The van der Waals surface area contributed by atoms with Crippen LogP contribution in [-0.2, 0) is 9.53 Å². The monoisotopic (exact) mass is 253 g/mol. The standard InChI is InChI=1S/C15H27NO2/c1-15(10-6-3-7-11-15)18-14(17)13(16)12-8-4-2-5-9-12/h12-13H,2-11,16H2,1H3/t13-/m0/s1. The maximum absolute atomic E-state index is 12.2. The average Bonchev–Trinajstić information content (AvgIpc) is 2.39. The fraction of sp³-hybridized carbons (Fsp3) is 0.933. The third-order valence-corrected chi connectivity index (χ3v) is 4.69. The smallest absolute Gasteiger partial charge is 0.323 e. The first-order valence-corrected chi connectivity index (χ1v) is 7.59. The van der Waals surface area contributed by atoms with E-state index in [1.54, 1.807) is 0 Å². The van der Waals surface area contributed by atoms with Crippen LogP contribution in [0.5, 0.6) is 0 Å². The highest BCUT2D eigenvalue weighted by atomic mass is 16.6. The molecule has 0 unspecified atom stereocenters. The van der Waals surface area contributed by atoms with Gasteiger partial charge in [0.05, 0.1) is 0 Å². The molecule has 2 saturated carbocycles. The van der Waals surface area contributed by atoms with Gasteiger partial charge in [0.25, 0.3) is 0 Å². The SMILES string of the molecule is CC1(OC(=O)[C@@H](N)C2CCCCC2)CCCCC1. The maximum Gasteiger partial charge on any atom is 0.323 e. The first-order valence-electron chi connectivity index (χ1n) is 7.59. The summed E-state index contributed by atoms with van der Waals surface area (Å²) in [4.78, 5) is 12.2. The Labute approximate surface area is 110 Å². The van der Waals surface area contributed by atoms with E-state index in [1.807, 2.05) is 0 Å². The van der Waals surface area contributed by atoms with E-state index >= 15 is 0 Å². The van der Waals surface area contributed by atoms with Crippen LogP contribution in [0.4, 0.5) is 0 Å². The van der Waals surface area contributed by atoms with Crippen LogP contribution in [-0.4, -0.2) is 17.6 Å². The molecule has 0 aromatic carbocycles. The molecule has 2 aliphatic rings. The van der Waals surface area contributed by atoms with Crippen molar-refractivity contribution in [3.8, 4) is 0 Å². The highest BCUT2D eigenvalue weighted by Gasteiger charge is 2.35. The highest BCUT2D eigenvalue weighted by Crippen LogP contribution is 2.32. The Morgan fingerprint density at radius 3 is 2.28 bits per heavy atom. The van der Waals surface area contributed by atoms with Gasteiger partial charge in [0.1, 0.15) is 11.6 Å². The van der Waals surface area contributed by atoms with E-state index < -0.39 is 6.04 Å². The molecule has 3 nitrogen and oxygen atoms in total. The van der Waals surface area contributed by atoms with Crippen LogP contribution in [0.25, 0.3) is 0 Å². The van der Waals surface area contributed by atoms with Crippen LogP contribution < -0.4 is 5.73 Å². The van der Waals surface area contributed by atoms with Crippen molar-refractivity contribution < 1.29 is 9.53 Å². The number of carbonyl (C=O) groups excluding carboxylic acids is 1. The van der Waals surface area contributed by atoms with E-state index in [9.17, 15) is 4.79 Å². The Hall–Kier alpha value is -0.570. The van der Waals surface area contributed by atoms with Gasteiger partial charge in [-0.15, -0.1) is 0 Å². The summed E-state index contributed by atoms with van der Waals surface area (Å²) >= 11 is 0. The molecule has 0 heterocycles. The van der Waals surface area contributed by atoms with Crippen molar-refractivity contribution in [2.45, 2.75) is 82.8 Å². The fourth-order valence-corrected chi connectivity index (χ4v) is 3.40. The number of ether oxygens (including phenoxy) is 1. The largest absolute Gasteiger partial charge is 0.458 e. The predicted octanol–water partition coefficient (Wildman–Crippen LogP) is 3.16. The molecule has 0 bridgehead atoms. The lowest BCUT2D eigenvalue weighted by Gasteiger charge is -2.35. The molecular weight excluding hydrogens is 226 g/mol. The highest BCUT2D eigenvalue weighted by molar-refractivity contribution is 5.76. The van der Waals surface area contributed by atoms with E-state index in [4.69, 9.17) is 10.5 Å². The van der Waals surface area contributed by atoms with E-state index in [-0.39, 0.29) is 11.6 Å². The molecule has 2 N–H and O–H groups in total. The van der Waals surface area contributed by atoms with Crippen LogP contribution in [0.2, 0.25) is 0 Å². The first-order chi connectivity index (χ1) is 8.61. The normalized spacial score (nSPS) is 26.6. The molecule has 0 aliphatic heterocycles. The number of esters is 1. The van der Waals surface area contributed by atoms with Gasteiger partial charge in [0.15, 0.2) is 0 Å². The molecule has 0 saturated heterocycles. The van der Waals surface area contributed by atoms with Gasteiger partial charge >= 0.3 is 5.97 Å². The molecule has 2 rings (SSSR count). The summed E-state index contributed by atoms with van der Waals surface area (Å²) in [6.07, 6.45) is 11.5. The van der Waals surface area contributed by atoms with Crippen molar-refractivity contribution in [2.24, 2.45) is 11.7 Å². The first kappa shape index (κ1) is 13.9. The third-order valence-electron chi connectivity index (χ3n) is 4.69. The van der Waals surface area contributed by atoms with Gasteiger partial charge in [-0.3, -0.25) is 4.79 Å². The summed E-state index contributed by atoms with van der Waals surface area (Å²) in [5.74, 6) is 0.185. The lowest BCUT2D eigenvalue weighted by Crippen LogP contribution is -2.45. The van der Waals surface area contributed by atoms with Crippen molar-refractivity contribution in [2.75, 3.05) is 0 Å². The molecule has 0 radical (unpaired) electrons. The zero-order valence-electron chi connectivity index (χ0n) is 11.6. The Kier molecular flexibility index (Phi) is 4.66. The van der Waals surface area contributed by atoms with Gasteiger partial charge in [-0.2, -0.15) is 0 Å². The molecule has 18 heavy (non-hydrogen) atoms. The fourth-order valence-electron chi connectivity index (χ4n) is 3.40. The summed E-state index contributed by atoms with van der Waals surface area (Å²) in [5.41, 5.74) is 5.85. The Balaban J connectivity index is 1.85. The Bertz CT molecular complexity index is 278. The van der Waals surface area contributed by atoms with Crippen molar-refractivity contribution in [3.63, 3.8) is 0 Å². The molecule has 0 spiro atoms. The van der Waals surface area contributed by atoms with Crippen molar-refractivity contribution in [1.82, 2.24) is 0 Å². The molecule has 0 amide bonds. The van der Waals surface area contributed by atoms with Crippen LogP contribution in [0.15, 0.2) is 0 Å². The molecule has 2 aliphatic carbocycles. The zero-order valence-corrected chi connectivity index (χ0v) is 11.6. The Morgan fingerprint density at radius 1 is 1.11 bits per heavy atom. The molecule has 3 heteroatoms. The molecule has 2 fully saturated rings. The number of hydrogen-bond acceptors (Lipinski definition) is 3. The minimum Gasteiger partial charge on any atom is -0.458 e. The summed E-state index contributed by atoms with van der Waals surface area (Å²) in [6.45, 7) is 2.07. The van der Waals surface area contributed by atoms with E-state index in [1.165, 1.54) is 38.5 Å². The van der Waals surface area contributed by atoms with Gasteiger partial charge in [-0.25, -0.2) is 0 Å². The van der Waals surface area contributed by atoms with Gasteiger partial charge in [-0.05, 0) is 51.4 Å². The average molecular weight is 253 g/mol. The molecule has 1 atom stereocenters. The van der Waals surface area contributed by atoms with Gasteiger partial charge < -0.3 is 10.5 Å². The van der Waals surface area contributed by atoms with Gasteiger partial charge in [-0.1, -0.05) is 25.7 Å². The van der Waals surface area contributed by atoms with E-state index in [2.05, 4.69) is 6.92 Å². The number of rotatable bonds is 3. The minimum atomic E-state index is -0.399. The van der Waals surface area contributed by atoms with Crippen molar-refractivity contribution in [3.05, 3.63) is 0 Å². The van der Waals surface area contributed by atoms with Gasteiger partial charge in [0, 0.05) is 0 Å². The third kappa shape index (κ3) is 3.47. The number of nitrogens with two attached hydrogens (primary N) is 1. The number of hydrogen-bond donors (Lipinski definition) is 1. The van der Waals surface area contributed by atoms with Crippen LogP contribution in [0, 0.1) is 5.92 Å². The summed E-state index contributed by atoms with van der Waals surface area (Å²) in [5, 5.41) is 0. The summed E-state index contributed by atoms with van der Waals surface area (Å²) in [6, 6.07) is -0.399. The molecule has 0 aromatic rings. The van der Waals surface area contributed by atoms with Crippen molar-refractivity contribution in [1.29, 1.82) is 0 Å². The molecule has 0 aromatic heterocycles. The second-order valence-corrected chi connectivity index (χ2v) is 6.36.